The topological polar surface area (TPSA) is 69.7 Å². The van der Waals surface area contributed by atoms with Crippen molar-refractivity contribution >= 4 is 15.9 Å². The zero-order valence-corrected chi connectivity index (χ0v) is 13.7. The summed E-state index contributed by atoms with van der Waals surface area (Å²) in [4.78, 5) is 13.8. The second kappa shape index (κ2) is 7.56. The maximum Gasteiger partial charge on any atom is 0.237 e. The third kappa shape index (κ3) is 4.93. The van der Waals surface area contributed by atoms with E-state index in [0.29, 0.717) is 12.5 Å². The Balaban J connectivity index is 1.78. The van der Waals surface area contributed by atoms with Crippen LogP contribution in [-0.4, -0.2) is 68.6 Å². The van der Waals surface area contributed by atoms with Crippen LogP contribution in [0.4, 0.5) is 0 Å². The number of likely N-dealkylation sites (tertiary alicyclic amines) is 1. The van der Waals surface area contributed by atoms with Crippen molar-refractivity contribution in [3.05, 3.63) is 0 Å². The number of hydrogen-bond acceptors (Lipinski definition) is 4. The number of nitrogens with zero attached hydrogens (tertiary/aromatic N) is 2. The van der Waals surface area contributed by atoms with E-state index in [-0.39, 0.29) is 18.2 Å². The Hall–Kier alpha value is -0.660. The molecule has 0 aromatic carbocycles. The second-order valence-electron chi connectivity index (χ2n) is 6.10. The number of sulfonamides is 1. The molecule has 2 fully saturated rings. The molecule has 1 atom stereocenters. The van der Waals surface area contributed by atoms with E-state index in [1.165, 1.54) is 24.2 Å². The fourth-order valence-corrected chi connectivity index (χ4v) is 4.17. The molecule has 0 aromatic rings. The summed E-state index contributed by atoms with van der Waals surface area (Å²) < 4.78 is 25.7. The van der Waals surface area contributed by atoms with Gasteiger partial charge in [0.1, 0.15) is 0 Å². The Kier molecular flexibility index (Phi) is 6.01. The maximum absolute atomic E-state index is 12.3. The number of piperidine rings is 1. The highest BCUT2D eigenvalue weighted by Gasteiger charge is 2.26. The lowest BCUT2D eigenvalue weighted by Crippen LogP contribution is -2.42. The van der Waals surface area contributed by atoms with Gasteiger partial charge in [-0.1, -0.05) is 6.42 Å². The van der Waals surface area contributed by atoms with E-state index >= 15 is 0 Å². The van der Waals surface area contributed by atoms with Crippen molar-refractivity contribution in [3.8, 4) is 0 Å². The average molecular weight is 317 g/mol. The molecule has 6 nitrogen and oxygen atoms in total. The van der Waals surface area contributed by atoms with Crippen LogP contribution in [0.1, 0.15) is 38.5 Å². The molecule has 0 bridgehead atoms. The minimum Gasteiger partial charge on any atom is -0.342 e. The summed E-state index contributed by atoms with van der Waals surface area (Å²) in [5, 5.41) is 3.36. The highest BCUT2D eigenvalue weighted by molar-refractivity contribution is 7.89. The molecule has 2 rings (SSSR count). The van der Waals surface area contributed by atoms with Gasteiger partial charge in [0.25, 0.3) is 0 Å². The van der Waals surface area contributed by atoms with E-state index in [2.05, 4.69) is 5.32 Å². The molecule has 0 spiro atoms. The van der Waals surface area contributed by atoms with E-state index in [1.807, 2.05) is 0 Å². The molecule has 0 radical (unpaired) electrons. The molecule has 1 unspecified atom stereocenters. The number of nitrogens with one attached hydrogen (secondary N) is 1. The maximum atomic E-state index is 12.3. The highest BCUT2D eigenvalue weighted by Crippen LogP contribution is 2.13. The lowest BCUT2D eigenvalue weighted by molar-refractivity contribution is -0.130. The van der Waals surface area contributed by atoms with Gasteiger partial charge in [-0.2, -0.15) is 4.31 Å². The van der Waals surface area contributed by atoms with Gasteiger partial charge in [-0.05, 0) is 38.6 Å². The van der Waals surface area contributed by atoms with Crippen LogP contribution in [-0.2, 0) is 14.8 Å². The first kappa shape index (κ1) is 16.7. The van der Waals surface area contributed by atoms with Crippen LogP contribution in [0.5, 0.6) is 0 Å². The Labute approximate surface area is 127 Å². The molecule has 2 aliphatic heterocycles. The summed E-state index contributed by atoms with van der Waals surface area (Å²) >= 11 is 0. The third-order valence-electron chi connectivity index (χ3n) is 4.43. The van der Waals surface area contributed by atoms with Crippen LogP contribution in [0.2, 0.25) is 0 Å². The first-order valence-corrected chi connectivity index (χ1v) is 9.55. The van der Waals surface area contributed by atoms with Gasteiger partial charge in [0.05, 0.1) is 12.3 Å². The quantitative estimate of drug-likeness (QED) is 0.770. The summed E-state index contributed by atoms with van der Waals surface area (Å²) in [6.45, 7) is 2.48. The Morgan fingerprint density at radius 2 is 1.95 bits per heavy atom. The molecule has 1 N–H and O–H groups in total. The Morgan fingerprint density at radius 3 is 2.57 bits per heavy atom. The van der Waals surface area contributed by atoms with Gasteiger partial charge < -0.3 is 10.2 Å². The van der Waals surface area contributed by atoms with Crippen LogP contribution in [0.3, 0.4) is 0 Å². The minimum atomic E-state index is -3.34. The monoisotopic (exact) mass is 317 g/mol. The lowest BCUT2D eigenvalue weighted by atomic mass is 10.0. The molecule has 2 saturated heterocycles. The molecule has 0 aromatic heterocycles. The van der Waals surface area contributed by atoms with E-state index in [1.54, 1.807) is 4.90 Å². The lowest BCUT2D eigenvalue weighted by Gasteiger charge is -2.25. The van der Waals surface area contributed by atoms with Crippen molar-refractivity contribution in [2.24, 2.45) is 0 Å². The molecular formula is C14H27N3O3S. The van der Waals surface area contributed by atoms with Gasteiger partial charge in [-0.3, -0.25) is 4.79 Å². The van der Waals surface area contributed by atoms with E-state index in [0.717, 1.165) is 38.9 Å². The normalized spacial score (nSPS) is 23.7. The average Bonchev–Trinajstić information content (AvgIpc) is 3.00. The van der Waals surface area contributed by atoms with Crippen molar-refractivity contribution < 1.29 is 13.2 Å². The van der Waals surface area contributed by atoms with Gasteiger partial charge in [0.15, 0.2) is 0 Å². The van der Waals surface area contributed by atoms with Crippen LogP contribution < -0.4 is 5.32 Å². The highest BCUT2D eigenvalue weighted by atomic mass is 32.2. The predicted molar refractivity (Wildman–Crippen MR) is 82.5 cm³/mol. The first-order chi connectivity index (χ1) is 9.99. The van der Waals surface area contributed by atoms with Crippen LogP contribution in [0.15, 0.2) is 0 Å². The van der Waals surface area contributed by atoms with Gasteiger partial charge in [0, 0.05) is 26.2 Å². The molecule has 2 aliphatic rings. The SMILES string of the molecule is CN(CC(=O)N1CCCC1)S(=O)(=O)CCC1CCCCN1. The fraction of sp³-hybridized carbons (Fsp3) is 0.929. The van der Waals surface area contributed by atoms with Gasteiger partial charge >= 0.3 is 0 Å². The summed E-state index contributed by atoms with van der Waals surface area (Å²) in [5.41, 5.74) is 0. The van der Waals surface area contributed by atoms with E-state index in [9.17, 15) is 13.2 Å². The first-order valence-electron chi connectivity index (χ1n) is 7.94. The zero-order chi connectivity index (χ0) is 15.3. The van der Waals surface area contributed by atoms with Crippen LogP contribution >= 0.6 is 0 Å². The van der Waals surface area contributed by atoms with E-state index in [4.69, 9.17) is 0 Å². The number of rotatable bonds is 6. The predicted octanol–water partition coefficient (Wildman–Crippen LogP) is 0.403. The van der Waals surface area contributed by atoms with Crippen molar-refractivity contribution in [2.75, 3.05) is 39.0 Å². The number of carbonyl (C=O) groups excluding carboxylic acids is 1. The molecule has 21 heavy (non-hydrogen) atoms. The van der Waals surface area contributed by atoms with Crippen molar-refractivity contribution in [2.45, 2.75) is 44.6 Å². The number of likely N-dealkylation sites (N-methyl/N-ethyl adjacent to an activating group) is 1. The summed E-state index contributed by atoms with van der Waals surface area (Å²) in [6, 6.07) is 0.302. The molecular weight excluding hydrogens is 290 g/mol. The molecule has 7 heteroatoms. The molecule has 1 amide bonds. The van der Waals surface area contributed by atoms with Crippen LogP contribution in [0.25, 0.3) is 0 Å². The second-order valence-corrected chi connectivity index (χ2v) is 8.29. The van der Waals surface area contributed by atoms with E-state index < -0.39 is 10.0 Å². The Morgan fingerprint density at radius 1 is 1.24 bits per heavy atom. The fourth-order valence-electron chi connectivity index (χ4n) is 2.97. The number of amides is 1. The Bertz CT molecular complexity index is 440. The zero-order valence-electron chi connectivity index (χ0n) is 12.9. The minimum absolute atomic E-state index is 0.0274. The van der Waals surface area contributed by atoms with Crippen molar-refractivity contribution in [1.82, 2.24) is 14.5 Å². The number of carbonyl (C=O) groups is 1. The van der Waals surface area contributed by atoms with Gasteiger partial charge in [-0.25, -0.2) is 8.42 Å². The summed E-state index contributed by atoms with van der Waals surface area (Å²) in [5.74, 6) is 0.0448. The smallest absolute Gasteiger partial charge is 0.237 e. The third-order valence-corrected chi connectivity index (χ3v) is 6.26. The molecule has 122 valence electrons. The van der Waals surface area contributed by atoms with Crippen LogP contribution in [0, 0.1) is 0 Å². The standard InChI is InChI=1S/C14H27N3O3S/c1-16(12-14(18)17-9-4-5-10-17)21(19,20)11-7-13-6-2-3-8-15-13/h13,15H,2-12H2,1H3. The van der Waals surface area contributed by atoms with Crippen molar-refractivity contribution in [1.29, 1.82) is 0 Å². The summed E-state index contributed by atoms with van der Waals surface area (Å²) in [7, 11) is -1.83. The molecule has 2 heterocycles. The molecule has 0 saturated carbocycles. The van der Waals surface area contributed by atoms with Gasteiger partial charge in [-0.15, -0.1) is 0 Å². The van der Waals surface area contributed by atoms with Crippen molar-refractivity contribution in [3.63, 3.8) is 0 Å². The molecule has 0 aliphatic carbocycles. The van der Waals surface area contributed by atoms with Gasteiger partial charge in [0.2, 0.25) is 15.9 Å². The summed E-state index contributed by atoms with van der Waals surface area (Å²) in [6.07, 6.45) is 6.07. The largest absolute Gasteiger partial charge is 0.342 e. The number of hydrogen-bond donors (Lipinski definition) is 1.